The number of aryl methyl sites for hydroxylation is 1. The highest BCUT2D eigenvalue weighted by Gasteiger charge is 2.29. The summed E-state index contributed by atoms with van der Waals surface area (Å²) < 4.78 is 7.27. The van der Waals surface area contributed by atoms with Crippen molar-refractivity contribution in [1.82, 2.24) is 14.9 Å². The number of ether oxygens (including phenoxy) is 1. The van der Waals surface area contributed by atoms with Crippen molar-refractivity contribution in [2.45, 2.75) is 64.6 Å². The van der Waals surface area contributed by atoms with Gasteiger partial charge in [-0.05, 0) is 26.2 Å². The molecule has 1 atom stereocenters. The zero-order chi connectivity index (χ0) is 14.4. The first-order chi connectivity index (χ1) is 9.76. The molecular formula is C15H25N3O2. The molecule has 0 aromatic carbocycles. The average Bonchev–Trinajstić information content (AvgIpc) is 3.08. The van der Waals surface area contributed by atoms with Gasteiger partial charge in [-0.2, -0.15) is 0 Å². The van der Waals surface area contributed by atoms with Crippen molar-refractivity contribution >= 4 is 5.97 Å². The van der Waals surface area contributed by atoms with Gasteiger partial charge >= 0.3 is 5.97 Å². The lowest BCUT2D eigenvalue weighted by Gasteiger charge is -2.22. The van der Waals surface area contributed by atoms with Gasteiger partial charge in [0.1, 0.15) is 6.04 Å². The monoisotopic (exact) mass is 279 g/mol. The molecule has 112 valence electrons. The zero-order valence-electron chi connectivity index (χ0n) is 12.5. The second-order valence-corrected chi connectivity index (χ2v) is 5.35. The van der Waals surface area contributed by atoms with E-state index in [9.17, 15) is 4.79 Å². The van der Waals surface area contributed by atoms with Crippen LogP contribution in [0.1, 0.15) is 57.7 Å². The summed E-state index contributed by atoms with van der Waals surface area (Å²) in [6.45, 7) is 5.24. The predicted molar refractivity (Wildman–Crippen MR) is 77.3 cm³/mol. The standard InChI is InChI=1S/C15H25N3O2/c1-3-9-18-11-16-10-13(18)14(15(19)20-4-2)17-12-7-5-6-8-12/h10-12,14,17H,3-9H2,1-2H3. The van der Waals surface area contributed by atoms with Crippen LogP contribution in [-0.2, 0) is 16.1 Å². The number of nitrogens with zero attached hydrogens (tertiary/aromatic N) is 2. The van der Waals surface area contributed by atoms with Crippen LogP contribution in [0.5, 0.6) is 0 Å². The maximum Gasteiger partial charge on any atom is 0.329 e. The summed E-state index contributed by atoms with van der Waals surface area (Å²) in [4.78, 5) is 16.5. The van der Waals surface area contributed by atoms with Gasteiger partial charge in [-0.1, -0.05) is 19.8 Å². The molecule has 1 fully saturated rings. The first-order valence-electron chi connectivity index (χ1n) is 7.69. The summed E-state index contributed by atoms with van der Waals surface area (Å²) in [6, 6.07) is 0.0153. The van der Waals surface area contributed by atoms with Crippen LogP contribution in [0.2, 0.25) is 0 Å². The van der Waals surface area contributed by atoms with Crippen LogP contribution in [0.3, 0.4) is 0 Å². The number of imidazole rings is 1. The Hall–Kier alpha value is -1.36. The molecule has 1 aromatic heterocycles. The van der Waals surface area contributed by atoms with Crippen LogP contribution in [-0.4, -0.2) is 28.2 Å². The molecule has 5 heteroatoms. The van der Waals surface area contributed by atoms with Gasteiger partial charge in [0.25, 0.3) is 0 Å². The third-order valence-corrected chi connectivity index (χ3v) is 3.78. The number of hydrogen-bond donors (Lipinski definition) is 1. The topological polar surface area (TPSA) is 56.2 Å². The minimum atomic E-state index is -0.396. The lowest BCUT2D eigenvalue weighted by molar-refractivity contribution is -0.146. The molecule has 20 heavy (non-hydrogen) atoms. The summed E-state index contributed by atoms with van der Waals surface area (Å²) in [5, 5.41) is 3.47. The van der Waals surface area contributed by atoms with Gasteiger partial charge in [0.05, 0.1) is 24.8 Å². The molecule has 1 aromatic rings. The van der Waals surface area contributed by atoms with Crippen LogP contribution in [0.15, 0.2) is 12.5 Å². The van der Waals surface area contributed by atoms with Crippen molar-refractivity contribution < 1.29 is 9.53 Å². The number of rotatable bonds is 7. The molecule has 1 N–H and O–H groups in total. The fourth-order valence-electron chi connectivity index (χ4n) is 2.83. The fraction of sp³-hybridized carbons (Fsp3) is 0.733. The Kier molecular flexibility index (Phi) is 5.59. The zero-order valence-corrected chi connectivity index (χ0v) is 12.5. The molecule has 5 nitrogen and oxygen atoms in total. The maximum absolute atomic E-state index is 12.3. The lowest BCUT2D eigenvalue weighted by atomic mass is 10.1. The molecule has 1 unspecified atom stereocenters. The van der Waals surface area contributed by atoms with Crippen LogP contribution in [0.25, 0.3) is 0 Å². The third-order valence-electron chi connectivity index (χ3n) is 3.78. The van der Waals surface area contributed by atoms with E-state index in [1.165, 1.54) is 12.8 Å². The normalized spacial score (nSPS) is 17.3. The van der Waals surface area contributed by atoms with Crippen LogP contribution in [0, 0.1) is 0 Å². The van der Waals surface area contributed by atoms with E-state index in [2.05, 4.69) is 17.2 Å². The summed E-state index contributed by atoms with van der Waals surface area (Å²) >= 11 is 0. The van der Waals surface area contributed by atoms with E-state index in [4.69, 9.17) is 4.74 Å². The smallest absolute Gasteiger partial charge is 0.329 e. The second kappa shape index (κ2) is 7.43. The number of hydrogen-bond acceptors (Lipinski definition) is 4. The molecule has 1 saturated carbocycles. The minimum absolute atomic E-state index is 0.197. The van der Waals surface area contributed by atoms with Crippen LogP contribution < -0.4 is 5.32 Å². The Morgan fingerprint density at radius 3 is 2.90 bits per heavy atom. The van der Waals surface area contributed by atoms with E-state index in [1.54, 1.807) is 12.5 Å². The van der Waals surface area contributed by atoms with Crippen molar-refractivity contribution in [2.75, 3.05) is 6.61 Å². The van der Waals surface area contributed by atoms with Crippen molar-refractivity contribution in [3.05, 3.63) is 18.2 Å². The molecule has 0 bridgehead atoms. The second-order valence-electron chi connectivity index (χ2n) is 5.35. The Bertz CT molecular complexity index is 425. The largest absolute Gasteiger partial charge is 0.465 e. The molecule has 0 aliphatic heterocycles. The van der Waals surface area contributed by atoms with E-state index in [0.29, 0.717) is 12.6 Å². The van der Waals surface area contributed by atoms with Gasteiger partial charge in [-0.15, -0.1) is 0 Å². The molecule has 0 spiro atoms. The van der Waals surface area contributed by atoms with E-state index in [1.807, 2.05) is 11.5 Å². The van der Waals surface area contributed by atoms with E-state index < -0.39 is 6.04 Å². The van der Waals surface area contributed by atoms with Crippen LogP contribution in [0.4, 0.5) is 0 Å². The fourth-order valence-corrected chi connectivity index (χ4v) is 2.83. The van der Waals surface area contributed by atoms with Gasteiger partial charge < -0.3 is 9.30 Å². The molecule has 0 radical (unpaired) electrons. The van der Waals surface area contributed by atoms with Gasteiger partial charge in [0.2, 0.25) is 0 Å². The minimum Gasteiger partial charge on any atom is -0.465 e. The van der Waals surface area contributed by atoms with Gasteiger partial charge in [-0.3, -0.25) is 5.32 Å². The van der Waals surface area contributed by atoms with E-state index in [-0.39, 0.29) is 5.97 Å². The Balaban J connectivity index is 2.15. The summed E-state index contributed by atoms with van der Waals surface area (Å²) in [5.74, 6) is -0.197. The molecular weight excluding hydrogens is 254 g/mol. The van der Waals surface area contributed by atoms with E-state index >= 15 is 0 Å². The molecule has 0 saturated heterocycles. The first-order valence-corrected chi connectivity index (χ1v) is 7.69. The molecule has 1 aliphatic rings. The van der Waals surface area contributed by atoms with Gasteiger partial charge in [0.15, 0.2) is 0 Å². The van der Waals surface area contributed by atoms with Crippen molar-refractivity contribution in [3.63, 3.8) is 0 Å². The molecule has 1 aliphatic carbocycles. The van der Waals surface area contributed by atoms with Crippen LogP contribution >= 0.6 is 0 Å². The SMILES string of the molecule is CCCn1cncc1C(NC1CCCC1)C(=O)OCC. The molecule has 1 heterocycles. The number of nitrogens with one attached hydrogen (secondary N) is 1. The first kappa shape index (κ1) is 15.0. The summed E-state index contributed by atoms with van der Waals surface area (Å²) in [6.07, 6.45) is 9.33. The highest BCUT2D eigenvalue weighted by molar-refractivity contribution is 5.77. The Morgan fingerprint density at radius 1 is 1.50 bits per heavy atom. The predicted octanol–water partition coefficient (Wildman–Crippen LogP) is 2.43. The average molecular weight is 279 g/mol. The van der Waals surface area contributed by atoms with Crippen molar-refractivity contribution in [1.29, 1.82) is 0 Å². The number of carbonyl (C=O) groups is 1. The Labute approximate surface area is 120 Å². The highest BCUT2D eigenvalue weighted by Crippen LogP contribution is 2.23. The van der Waals surface area contributed by atoms with Gasteiger partial charge in [-0.25, -0.2) is 9.78 Å². The molecule has 2 rings (SSSR count). The quantitative estimate of drug-likeness (QED) is 0.779. The van der Waals surface area contributed by atoms with Gasteiger partial charge in [0, 0.05) is 12.6 Å². The third kappa shape index (κ3) is 3.60. The summed E-state index contributed by atoms with van der Waals surface area (Å²) in [5.41, 5.74) is 0.914. The van der Waals surface area contributed by atoms with Crippen molar-refractivity contribution in [2.24, 2.45) is 0 Å². The number of carbonyl (C=O) groups excluding carboxylic acids is 1. The highest BCUT2D eigenvalue weighted by atomic mass is 16.5. The van der Waals surface area contributed by atoms with E-state index in [0.717, 1.165) is 31.5 Å². The number of aromatic nitrogens is 2. The Morgan fingerprint density at radius 2 is 2.25 bits per heavy atom. The summed E-state index contributed by atoms with van der Waals surface area (Å²) in [7, 11) is 0. The number of esters is 1. The lowest BCUT2D eigenvalue weighted by Crippen LogP contribution is -2.37. The molecule has 0 amide bonds. The van der Waals surface area contributed by atoms with Crippen molar-refractivity contribution in [3.8, 4) is 0 Å². The maximum atomic E-state index is 12.3.